The summed E-state index contributed by atoms with van der Waals surface area (Å²) in [6.07, 6.45) is 0. The number of hydrogen-bond acceptors (Lipinski definition) is 4. The van der Waals surface area contributed by atoms with Gasteiger partial charge in [0.15, 0.2) is 11.6 Å². The van der Waals surface area contributed by atoms with Gasteiger partial charge in [0.25, 0.3) is 0 Å². The molecule has 0 aliphatic carbocycles. The zero-order valence-corrected chi connectivity index (χ0v) is 13.3. The molecule has 2 amide bonds. The molecule has 0 saturated carbocycles. The van der Waals surface area contributed by atoms with E-state index in [9.17, 15) is 22.8 Å². The van der Waals surface area contributed by atoms with E-state index in [0.29, 0.717) is 0 Å². The van der Waals surface area contributed by atoms with Crippen LogP contribution in [0.1, 0.15) is 9.75 Å². The highest BCUT2D eigenvalue weighted by Gasteiger charge is 2.16. The van der Waals surface area contributed by atoms with Gasteiger partial charge in [0.2, 0.25) is 0 Å². The van der Waals surface area contributed by atoms with Crippen molar-refractivity contribution in [1.82, 2.24) is 5.32 Å². The van der Waals surface area contributed by atoms with E-state index >= 15 is 0 Å². The fraction of sp³-hybridized carbons (Fsp3) is 0.200. The zero-order valence-electron chi connectivity index (χ0n) is 12.4. The lowest BCUT2D eigenvalue weighted by molar-refractivity contribution is -0.136. The van der Waals surface area contributed by atoms with Crippen molar-refractivity contribution in [1.29, 1.82) is 0 Å². The normalized spacial score (nSPS) is 10.5. The molecule has 2 aromatic rings. The third-order valence-electron chi connectivity index (χ3n) is 2.83. The zero-order chi connectivity index (χ0) is 17.7. The second-order valence-corrected chi connectivity index (χ2v) is 6.05. The van der Waals surface area contributed by atoms with Gasteiger partial charge in [0.1, 0.15) is 0 Å². The van der Waals surface area contributed by atoms with Gasteiger partial charge in [-0.15, -0.1) is 11.3 Å². The number of carbonyl (C=O) groups excluding carboxylic acids is 2. The van der Waals surface area contributed by atoms with Crippen LogP contribution in [0.3, 0.4) is 0 Å². The van der Waals surface area contributed by atoms with E-state index in [0.717, 1.165) is 28.0 Å². The van der Waals surface area contributed by atoms with Gasteiger partial charge in [-0.05, 0) is 31.2 Å². The number of alkyl halides is 2. The number of ether oxygens (including phenoxy) is 1. The summed E-state index contributed by atoms with van der Waals surface area (Å²) < 4.78 is 41.5. The van der Waals surface area contributed by atoms with Crippen molar-refractivity contribution >= 4 is 28.8 Å². The lowest BCUT2D eigenvalue weighted by Crippen LogP contribution is -2.34. The molecule has 0 bridgehead atoms. The predicted molar refractivity (Wildman–Crippen MR) is 82.6 cm³/mol. The number of benzene rings is 1. The molecule has 0 fully saturated rings. The van der Waals surface area contributed by atoms with Gasteiger partial charge < -0.3 is 15.4 Å². The van der Waals surface area contributed by atoms with Crippen LogP contribution in [0.25, 0.3) is 0 Å². The van der Waals surface area contributed by atoms with E-state index in [1.165, 1.54) is 11.3 Å². The largest absolute Gasteiger partial charge is 0.432 e. The Morgan fingerprint density at radius 3 is 2.54 bits per heavy atom. The average molecular weight is 358 g/mol. The van der Waals surface area contributed by atoms with Crippen LogP contribution in [-0.4, -0.2) is 18.4 Å². The number of thiophene rings is 1. The number of anilines is 1. The Hall–Kier alpha value is -2.55. The molecule has 0 spiro atoms. The number of halogens is 3. The highest BCUT2D eigenvalue weighted by molar-refractivity contribution is 7.11. The second kappa shape index (κ2) is 7.82. The van der Waals surface area contributed by atoms with Gasteiger partial charge in [-0.3, -0.25) is 9.59 Å². The van der Waals surface area contributed by atoms with Crippen LogP contribution in [0.5, 0.6) is 5.75 Å². The van der Waals surface area contributed by atoms with Crippen LogP contribution >= 0.6 is 11.3 Å². The Morgan fingerprint density at radius 1 is 1.21 bits per heavy atom. The van der Waals surface area contributed by atoms with Crippen LogP contribution < -0.4 is 15.4 Å². The van der Waals surface area contributed by atoms with Crippen LogP contribution in [-0.2, 0) is 16.1 Å². The highest BCUT2D eigenvalue weighted by Crippen LogP contribution is 2.22. The highest BCUT2D eigenvalue weighted by atomic mass is 32.1. The Morgan fingerprint density at radius 2 is 1.96 bits per heavy atom. The average Bonchev–Trinajstić information content (AvgIpc) is 2.92. The molecule has 0 radical (unpaired) electrons. The molecule has 128 valence electrons. The third-order valence-corrected chi connectivity index (χ3v) is 3.83. The first-order chi connectivity index (χ1) is 11.3. The van der Waals surface area contributed by atoms with Crippen molar-refractivity contribution in [3.8, 4) is 5.75 Å². The standard InChI is InChI=1S/C15H13F3N2O3S/c1-8-2-4-10(24-8)7-19-13(21)14(22)20-9-3-5-12(11(16)6-9)23-15(17)18/h2-6,15H,7H2,1H3,(H,19,21)(H,20,22). The maximum atomic E-state index is 13.5. The minimum absolute atomic E-state index is 0.0544. The Kier molecular flexibility index (Phi) is 5.80. The van der Waals surface area contributed by atoms with Crippen molar-refractivity contribution in [2.75, 3.05) is 5.32 Å². The number of hydrogen-bond donors (Lipinski definition) is 2. The molecule has 24 heavy (non-hydrogen) atoms. The quantitative estimate of drug-likeness (QED) is 0.808. The SMILES string of the molecule is Cc1ccc(CNC(=O)C(=O)Nc2ccc(OC(F)F)c(F)c2)s1. The van der Waals surface area contributed by atoms with E-state index in [1.54, 1.807) is 0 Å². The lowest BCUT2D eigenvalue weighted by Gasteiger charge is -2.09. The van der Waals surface area contributed by atoms with E-state index in [2.05, 4.69) is 15.4 Å². The summed E-state index contributed by atoms with van der Waals surface area (Å²) in [7, 11) is 0. The second-order valence-electron chi connectivity index (χ2n) is 4.67. The van der Waals surface area contributed by atoms with E-state index in [1.807, 2.05) is 19.1 Å². The summed E-state index contributed by atoms with van der Waals surface area (Å²) in [5, 5.41) is 4.60. The first-order valence-corrected chi connectivity index (χ1v) is 7.55. The lowest BCUT2D eigenvalue weighted by atomic mass is 10.3. The van der Waals surface area contributed by atoms with Crippen molar-refractivity contribution in [2.24, 2.45) is 0 Å². The Bertz CT molecular complexity index is 749. The minimum atomic E-state index is -3.16. The smallest absolute Gasteiger partial charge is 0.387 e. The molecule has 1 aromatic carbocycles. The summed E-state index contributed by atoms with van der Waals surface area (Å²) >= 11 is 1.48. The van der Waals surface area contributed by atoms with E-state index in [-0.39, 0.29) is 12.2 Å². The first-order valence-electron chi connectivity index (χ1n) is 6.74. The predicted octanol–water partition coefficient (Wildman–Crippen LogP) is 3.05. The first kappa shape index (κ1) is 17.8. The number of carbonyl (C=O) groups is 2. The van der Waals surface area contributed by atoms with E-state index < -0.39 is 30.0 Å². The van der Waals surface area contributed by atoms with Gasteiger partial charge in [0.05, 0.1) is 6.54 Å². The molecule has 0 saturated heterocycles. The van der Waals surface area contributed by atoms with Crippen LogP contribution in [0.15, 0.2) is 30.3 Å². The molecule has 1 heterocycles. The third kappa shape index (κ3) is 4.98. The van der Waals surface area contributed by atoms with Gasteiger partial charge in [0, 0.05) is 21.5 Å². The molecule has 9 heteroatoms. The van der Waals surface area contributed by atoms with Crippen molar-refractivity contribution in [2.45, 2.75) is 20.1 Å². The summed E-state index contributed by atoms with van der Waals surface area (Å²) in [5.41, 5.74) is -0.0544. The van der Waals surface area contributed by atoms with Gasteiger partial charge >= 0.3 is 18.4 Å². The fourth-order valence-electron chi connectivity index (χ4n) is 1.79. The Balaban J connectivity index is 1.91. The number of aryl methyl sites for hydroxylation is 1. The minimum Gasteiger partial charge on any atom is -0.432 e. The van der Waals surface area contributed by atoms with Gasteiger partial charge in [-0.2, -0.15) is 8.78 Å². The van der Waals surface area contributed by atoms with Crippen LogP contribution in [0.2, 0.25) is 0 Å². The maximum Gasteiger partial charge on any atom is 0.387 e. The van der Waals surface area contributed by atoms with Crippen molar-refractivity contribution in [3.05, 3.63) is 45.9 Å². The molecular weight excluding hydrogens is 345 g/mol. The number of amides is 2. The molecule has 0 aliphatic rings. The van der Waals surface area contributed by atoms with E-state index in [4.69, 9.17) is 0 Å². The topological polar surface area (TPSA) is 67.4 Å². The molecule has 1 aromatic heterocycles. The number of nitrogens with one attached hydrogen (secondary N) is 2. The fourth-order valence-corrected chi connectivity index (χ4v) is 2.62. The molecule has 5 nitrogen and oxygen atoms in total. The number of rotatable bonds is 5. The summed E-state index contributed by atoms with van der Waals surface area (Å²) in [6, 6.07) is 6.58. The van der Waals surface area contributed by atoms with Gasteiger partial charge in [-0.1, -0.05) is 0 Å². The summed E-state index contributed by atoms with van der Waals surface area (Å²) in [4.78, 5) is 25.4. The van der Waals surface area contributed by atoms with Crippen LogP contribution in [0, 0.1) is 12.7 Å². The summed E-state index contributed by atoms with van der Waals surface area (Å²) in [5.74, 6) is -3.62. The maximum absolute atomic E-state index is 13.5. The van der Waals surface area contributed by atoms with Crippen LogP contribution in [0.4, 0.5) is 18.9 Å². The monoisotopic (exact) mass is 358 g/mol. The van der Waals surface area contributed by atoms with Gasteiger partial charge in [-0.25, -0.2) is 4.39 Å². The molecule has 0 unspecified atom stereocenters. The summed E-state index contributed by atoms with van der Waals surface area (Å²) in [6.45, 7) is -1.05. The molecule has 2 N–H and O–H groups in total. The molecular formula is C15H13F3N2O3S. The Labute approximate surface area is 139 Å². The molecule has 2 rings (SSSR count). The van der Waals surface area contributed by atoms with Crippen molar-refractivity contribution in [3.63, 3.8) is 0 Å². The molecule has 0 atom stereocenters. The molecule has 0 aliphatic heterocycles. The van der Waals surface area contributed by atoms with Crippen molar-refractivity contribution < 1.29 is 27.5 Å².